The van der Waals surface area contributed by atoms with Crippen LogP contribution >= 0.6 is 0 Å². The molecule has 0 amide bonds. The van der Waals surface area contributed by atoms with Crippen LogP contribution in [0.4, 0.5) is 5.69 Å². The van der Waals surface area contributed by atoms with E-state index in [0.717, 1.165) is 22.3 Å². The monoisotopic (exact) mass is 654 g/mol. The van der Waals surface area contributed by atoms with E-state index < -0.39 is 31.7 Å². The molecule has 0 N–H and O–H groups in total. The number of benzene rings is 4. The van der Waals surface area contributed by atoms with Crippen LogP contribution in [-0.4, -0.2) is 44.0 Å². The molecular formula is C32H27N2NaO8S2. The van der Waals surface area contributed by atoms with E-state index in [2.05, 4.69) is 0 Å². The third-order valence-corrected chi connectivity index (χ3v) is 8.73. The first-order chi connectivity index (χ1) is 21.0. The zero-order valence-electron chi connectivity index (χ0n) is 24.3. The average Bonchev–Trinajstić information content (AvgIpc) is 3.52. The van der Waals surface area contributed by atoms with Crippen LogP contribution in [0.25, 0.3) is 39.4 Å². The SMILES string of the molecule is O=S(=O)([O-])CCC[n+]1c(C=C2Oc3ccc(-c4ccccc4)cc3N2CCS(=O)(=O)[O-])oc2ccc(-c3ccccc3)cc21.[Na+]. The summed E-state index contributed by atoms with van der Waals surface area (Å²) in [5, 5.41) is 0. The number of rotatable bonds is 10. The Morgan fingerprint density at radius 1 is 0.733 bits per heavy atom. The zero-order valence-corrected chi connectivity index (χ0v) is 28.0. The first-order valence-electron chi connectivity index (χ1n) is 13.8. The molecule has 1 aromatic heterocycles. The van der Waals surface area contributed by atoms with E-state index in [-0.39, 0.29) is 60.8 Å². The Bertz CT molecular complexity index is 2080. The molecular weight excluding hydrogens is 627 g/mol. The molecule has 0 unspecified atom stereocenters. The third-order valence-electron chi connectivity index (χ3n) is 7.26. The predicted octanol–water partition coefficient (Wildman–Crippen LogP) is 1.74. The Kier molecular flexibility index (Phi) is 9.85. The van der Waals surface area contributed by atoms with Gasteiger partial charge in [-0.05, 0) is 40.5 Å². The van der Waals surface area contributed by atoms with Gasteiger partial charge in [-0.2, -0.15) is 4.57 Å². The van der Waals surface area contributed by atoms with Crippen molar-refractivity contribution in [2.75, 3.05) is 23.0 Å². The number of anilines is 1. The molecule has 45 heavy (non-hydrogen) atoms. The minimum Gasteiger partial charge on any atom is -0.748 e. The summed E-state index contributed by atoms with van der Waals surface area (Å²) in [5.74, 6) is -0.245. The van der Waals surface area contributed by atoms with E-state index in [1.54, 1.807) is 27.7 Å². The van der Waals surface area contributed by atoms with E-state index in [1.165, 1.54) is 0 Å². The molecule has 4 aromatic carbocycles. The van der Waals surface area contributed by atoms with Crippen LogP contribution < -0.4 is 43.8 Å². The molecule has 2 heterocycles. The van der Waals surface area contributed by atoms with Gasteiger partial charge in [-0.1, -0.05) is 72.8 Å². The summed E-state index contributed by atoms with van der Waals surface area (Å²) in [7, 11) is -8.99. The average molecular weight is 655 g/mol. The van der Waals surface area contributed by atoms with Gasteiger partial charge in [-0.3, -0.25) is 0 Å². The second-order valence-electron chi connectivity index (χ2n) is 10.3. The Morgan fingerprint density at radius 3 is 1.96 bits per heavy atom. The minimum absolute atomic E-state index is 0. The molecule has 10 nitrogen and oxygen atoms in total. The molecule has 0 spiro atoms. The molecule has 13 heteroatoms. The molecule has 1 aliphatic heterocycles. The quantitative estimate of drug-likeness (QED) is 0.125. The summed E-state index contributed by atoms with van der Waals surface area (Å²) in [4.78, 5) is 1.60. The van der Waals surface area contributed by atoms with E-state index in [4.69, 9.17) is 9.15 Å². The van der Waals surface area contributed by atoms with Crippen molar-refractivity contribution >= 4 is 43.1 Å². The van der Waals surface area contributed by atoms with Crippen molar-refractivity contribution in [2.24, 2.45) is 0 Å². The summed E-state index contributed by atoms with van der Waals surface area (Å²) < 4.78 is 83.1. The van der Waals surface area contributed by atoms with Crippen LogP contribution in [0, 0.1) is 0 Å². The number of ether oxygens (including phenoxy) is 1. The van der Waals surface area contributed by atoms with Gasteiger partial charge in [0.1, 0.15) is 6.08 Å². The van der Waals surface area contributed by atoms with Crippen molar-refractivity contribution in [3.8, 4) is 28.0 Å². The van der Waals surface area contributed by atoms with Crippen molar-refractivity contribution in [3.05, 3.63) is 109 Å². The van der Waals surface area contributed by atoms with Crippen molar-refractivity contribution in [3.63, 3.8) is 0 Å². The van der Waals surface area contributed by atoms with E-state index >= 15 is 0 Å². The standard InChI is InChI=1S/C32H28N2O8S2.Na/c35-43(36,37)18-7-16-33-27-20-25(23-8-3-1-4-9-23)12-14-29(27)41-31(33)22-32-34(17-19-44(38,39)40)28-21-26(13-15-30(28)42-32)24-10-5-2-6-11-24;/h1-6,8-15,20-22H,7,16-19H2,(H-,35,36,37,38,39,40);/q;+1/p-1. The molecule has 0 saturated carbocycles. The summed E-state index contributed by atoms with van der Waals surface area (Å²) >= 11 is 0. The molecule has 5 aromatic rings. The Labute approximate surface area is 283 Å². The number of hydrogen-bond acceptors (Lipinski definition) is 9. The van der Waals surface area contributed by atoms with E-state index in [1.807, 2.05) is 84.9 Å². The van der Waals surface area contributed by atoms with Crippen LogP contribution in [0.2, 0.25) is 0 Å². The van der Waals surface area contributed by atoms with Gasteiger partial charge in [0.25, 0.3) is 5.52 Å². The van der Waals surface area contributed by atoms with Gasteiger partial charge >= 0.3 is 35.4 Å². The predicted molar refractivity (Wildman–Crippen MR) is 163 cm³/mol. The third kappa shape index (κ3) is 7.85. The van der Waals surface area contributed by atoms with Gasteiger partial charge in [-0.25, -0.2) is 16.8 Å². The topological polar surface area (TPSA) is 144 Å². The van der Waals surface area contributed by atoms with Gasteiger partial charge in [0.05, 0.1) is 31.7 Å². The molecule has 0 atom stereocenters. The Morgan fingerprint density at radius 2 is 1.33 bits per heavy atom. The number of aryl methyl sites for hydroxylation is 1. The molecule has 0 saturated heterocycles. The Hall–Kier alpha value is -3.49. The fourth-order valence-electron chi connectivity index (χ4n) is 5.21. The number of aromatic nitrogens is 1. The fraction of sp³-hybridized carbons (Fsp3) is 0.156. The normalized spacial score (nSPS) is 13.9. The van der Waals surface area contributed by atoms with Gasteiger partial charge in [0, 0.05) is 24.8 Å². The first-order valence-corrected chi connectivity index (χ1v) is 17.0. The van der Waals surface area contributed by atoms with Crippen LogP contribution in [0.5, 0.6) is 5.75 Å². The number of nitrogens with zero attached hydrogens (tertiary/aromatic N) is 2. The minimum atomic E-state index is -4.55. The van der Waals surface area contributed by atoms with Gasteiger partial charge < -0.3 is 23.2 Å². The second kappa shape index (κ2) is 13.5. The maximum Gasteiger partial charge on any atom is 1.00 e. The van der Waals surface area contributed by atoms with Crippen LogP contribution in [0.3, 0.4) is 0 Å². The van der Waals surface area contributed by atoms with Gasteiger partial charge in [0.15, 0.2) is 12.3 Å². The van der Waals surface area contributed by atoms with Crippen molar-refractivity contribution in [2.45, 2.75) is 13.0 Å². The maximum absolute atomic E-state index is 11.6. The molecule has 1 aliphatic rings. The summed E-state index contributed by atoms with van der Waals surface area (Å²) in [6.07, 6.45) is 1.62. The first kappa shape index (κ1) is 32.9. The molecule has 0 aliphatic carbocycles. The molecule has 0 radical (unpaired) electrons. The Balaban J connectivity index is 0.00000400. The van der Waals surface area contributed by atoms with E-state index in [9.17, 15) is 25.9 Å². The van der Waals surface area contributed by atoms with Gasteiger partial charge in [-0.15, -0.1) is 0 Å². The van der Waals surface area contributed by atoms with E-state index in [0.29, 0.717) is 22.5 Å². The fourth-order valence-corrected chi connectivity index (χ4v) is 6.10. The zero-order chi connectivity index (χ0) is 30.9. The van der Waals surface area contributed by atoms with Gasteiger partial charge in [0.2, 0.25) is 11.5 Å². The van der Waals surface area contributed by atoms with Crippen LogP contribution in [0.1, 0.15) is 12.3 Å². The molecule has 226 valence electrons. The molecule has 0 fully saturated rings. The van der Waals surface area contributed by atoms with Crippen LogP contribution in [0.15, 0.2) is 107 Å². The number of fused-ring (bicyclic) bond motifs is 2. The molecule has 0 bridgehead atoms. The second-order valence-corrected chi connectivity index (χ2v) is 13.3. The molecule has 6 rings (SSSR count). The summed E-state index contributed by atoms with van der Waals surface area (Å²) in [5.41, 5.74) is 5.44. The number of oxazole rings is 1. The smallest absolute Gasteiger partial charge is 0.748 e. The summed E-state index contributed by atoms with van der Waals surface area (Å²) in [6, 6.07) is 30.5. The van der Waals surface area contributed by atoms with Crippen LogP contribution in [-0.2, 0) is 26.8 Å². The largest absolute Gasteiger partial charge is 1.00 e. The van der Waals surface area contributed by atoms with Crippen molar-refractivity contribution in [1.82, 2.24) is 0 Å². The number of hydrogen-bond donors (Lipinski definition) is 0. The maximum atomic E-state index is 11.6. The van der Waals surface area contributed by atoms with Crippen molar-refractivity contribution in [1.29, 1.82) is 0 Å². The summed E-state index contributed by atoms with van der Waals surface area (Å²) in [6.45, 7) is -0.0262. The van der Waals surface area contributed by atoms with Crippen molar-refractivity contribution < 1.29 is 69.2 Å².